The van der Waals surface area contributed by atoms with Crippen LogP contribution in [0.25, 0.3) is 11.5 Å². The number of ether oxygens (including phenoxy) is 1. The summed E-state index contributed by atoms with van der Waals surface area (Å²) in [6.07, 6.45) is 2.61. The van der Waals surface area contributed by atoms with Gasteiger partial charge in [0, 0.05) is 26.0 Å². The van der Waals surface area contributed by atoms with Gasteiger partial charge in [-0.05, 0) is 31.5 Å². The number of halogens is 1. The van der Waals surface area contributed by atoms with Crippen molar-refractivity contribution < 1.29 is 9.15 Å². The quantitative estimate of drug-likeness (QED) is 0.759. The van der Waals surface area contributed by atoms with Crippen LogP contribution in [0.2, 0.25) is 5.02 Å². The Balaban J connectivity index is 2.30. The second-order valence-corrected chi connectivity index (χ2v) is 4.36. The van der Waals surface area contributed by atoms with Crippen LogP contribution in [0.1, 0.15) is 12.1 Å². The van der Waals surface area contributed by atoms with Gasteiger partial charge < -0.3 is 13.7 Å². The summed E-state index contributed by atoms with van der Waals surface area (Å²) in [5, 5.41) is 0.731. The molecule has 0 aliphatic rings. The largest absolute Gasteiger partial charge is 0.463 e. The van der Waals surface area contributed by atoms with Gasteiger partial charge >= 0.3 is 0 Å². The number of aryl methyl sites for hydroxylation is 1. The summed E-state index contributed by atoms with van der Waals surface area (Å²) in [6.45, 7) is 3.67. The average molecular weight is 254 g/mol. The van der Waals surface area contributed by atoms with E-state index in [9.17, 15) is 0 Å². The van der Waals surface area contributed by atoms with E-state index in [0.29, 0.717) is 0 Å². The number of hydrogen-bond acceptors (Lipinski definition) is 2. The van der Waals surface area contributed by atoms with Crippen LogP contribution < -0.4 is 0 Å². The zero-order chi connectivity index (χ0) is 12.3. The van der Waals surface area contributed by atoms with E-state index in [-0.39, 0.29) is 0 Å². The van der Waals surface area contributed by atoms with Crippen molar-refractivity contribution in [3.05, 3.63) is 35.2 Å². The number of hydrogen-bond donors (Lipinski definition) is 0. The van der Waals surface area contributed by atoms with E-state index in [1.807, 2.05) is 25.1 Å². The third kappa shape index (κ3) is 2.56. The summed E-state index contributed by atoms with van der Waals surface area (Å²) in [4.78, 5) is 0. The number of furan rings is 1. The van der Waals surface area contributed by atoms with Crippen molar-refractivity contribution in [2.45, 2.75) is 19.9 Å². The first-order chi connectivity index (χ1) is 8.24. The third-order valence-corrected chi connectivity index (χ3v) is 3.03. The van der Waals surface area contributed by atoms with Crippen molar-refractivity contribution in [3.63, 3.8) is 0 Å². The highest BCUT2D eigenvalue weighted by atomic mass is 35.5. The van der Waals surface area contributed by atoms with Gasteiger partial charge in [-0.1, -0.05) is 11.6 Å². The molecule has 2 heterocycles. The van der Waals surface area contributed by atoms with Crippen LogP contribution in [0.5, 0.6) is 0 Å². The van der Waals surface area contributed by atoms with Crippen molar-refractivity contribution in [2.24, 2.45) is 0 Å². The fourth-order valence-corrected chi connectivity index (χ4v) is 2.31. The number of rotatable bonds is 5. The van der Waals surface area contributed by atoms with Crippen molar-refractivity contribution in [1.29, 1.82) is 0 Å². The van der Waals surface area contributed by atoms with Crippen LogP contribution in [-0.4, -0.2) is 18.3 Å². The van der Waals surface area contributed by atoms with Crippen molar-refractivity contribution in [3.8, 4) is 11.5 Å². The number of methoxy groups -OCH3 is 1. The van der Waals surface area contributed by atoms with Gasteiger partial charge in [0.1, 0.15) is 5.69 Å². The lowest BCUT2D eigenvalue weighted by atomic mass is 10.3. The molecule has 0 spiro atoms. The van der Waals surface area contributed by atoms with E-state index in [0.717, 1.165) is 41.7 Å². The van der Waals surface area contributed by atoms with Gasteiger partial charge in [-0.15, -0.1) is 0 Å². The van der Waals surface area contributed by atoms with Crippen LogP contribution >= 0.6 is 11.6 Å². The molecule has 0 atom stereocenters. The van der Waals surface area contributed by atoms with E-state index in [2.05, 4.69) is 4.57 Å². The maximum absolute atomic E-state index is 6.24. The molecule has 0 aliphatic heterocycles. The zero-order valence-corrected chi connectivity index (χ0v) is 10.8. The van der Waals surface area contributed by atoms with E-state index < -0.39 is 0 Å². The minimum absolute atomic E-state index is 0.731. The highest BCUT2D eigenvalue weighted by Crippen LogP contribution is 2.31. The molecule has 17 heavy (non-hydrogen) atoms. The molecule has 2 aromatic rings. The molecule has 2 aromatic heterocycles. The molecular formula is C13H16ClNO2. The second-order valence-electron chi connectivity index (χ2n) is 3.96. The van der Waals surface area contributed by atoms with Gasteiger partial charge in [-0.2, -0.15) is 0 Å². The smallest absolute Gasteiger partial charge is 0.151 e. The molecule has 0 saturated heterocycles. The molecular weight excluding hydrogens is 238 g/mol. The molecule has 4 heteroatoms. The molecule has 0 bridgehead atoms. The Hall–Kier alpha value is -1.19. The van der Waals surface area contributed by atoms with Crippen molar-refractivity contribution in [1.82, 2.24) is 4.57 Å². The van der Waals surface area contributed by atoms with Gasteiger partial charge in [0.05, 0.1) is 11.3 Å². The van der Waals surface area contributed by atoms with Crippen LogP contribution in [-0.2, 0) is 11.3 Å². The first-order valence-corrected chi connectivity index (χ1v) is 6.00. The fourth-order valence-electron chi connectivity index (χ4n) is 1.95. The second kappa shape index (κ2) is 5.43. The normalized spacial score (nSPS) is 11.0. The maximum Gasteiger partial charge on any atom is 0.151 e. The Morgan fingerprint density at radius 3 is 2.94 bits per heavy atom. The lowest BCUT2D eigenvalue weighted by molar-refractivity contribution is 0.190. The standard InChI is InChI=1S/C13H16ClNO2/c1-10-9-11(14)13(12-5-3-8-17-12)15(10)6-4-7-16-2/h3,5,8-9H,4,6-7H2,1-2H3. The predicted octanol–water partition coefficient (Wildman–Crippen LogP) is 3.75. The predicted molar refractivity (Wildman–Crippen MR) is 68.4 cm³/mol. The molecule has 0 unspecified atom stereocenters. The number of nitrogens with zero attached hydrogens (tertiary/aromatic N) is 1. The molecule has 0 saturated carbocycles. The monoisotopic (exact) mass is 253 g/mol. The minimum Gasteiger partial charge on any atom is -0.463 e. The summed E-state index contributed by atoms with van der Waals surface area (Å²) < 4.78 is 12.7. The SMILES string of the molecule is COCCCn1c(C)cc(Cl)c1-c1ccco1. The highest BCUT2D eigenvalue weighted by molar-refractivity contribution is 6.33. The van der Waals surface area contributed by atoms with Gasteiger partial charge in [0.2, 0.25) is 0 Å². The molecule has 92 valence electrons. The molecule has 0 aliphatic carbocycles. The average Bonchev–Trinajstić information content (AvgIpc) is 2.88. The molecule has 0 aromatic carbocycles. The Morgan fingerprint density at radius 2 is 2.29 bits per heavy atom. The van der Waals surface area contributed by atoms with Gasteiger partial charge in [-0.3, -0.25) is 0 Å². The molecule has 0 fully saturated rings. The molecule has 0 N–H and O–H groups in total. The lowest BCUT2D eigenvalue weighted by Gasteiger charge is -2.10. The van der Waals surface area contributed by atoms with Crippen molar-refractivity contribution >= 4 is 11.6 Å². The van der Waals surface area contributed by atoms with Crippen molar-refractivity contribution in [2.75, 3.05) is 13.7 Å². The number of aromatic nitrogens is 1. The zero-order valence-electron chi connectivity index (χ0n) is 10.1. The Kier molecular flexibility index (Phi) is 3.92. The molecule has 0 amide bonds. The highest BCUT2D eigenvalue weighted by Gasteiger charge is 2.15. The van der Waals surface area contributed by atoms with E-state index >= 15 is 0 Å². The first-order valence-electron chi connectivity index (χ1n) is 5.62. The summed E-state index contributed by atoms with van der Waals surface area (Å²) >= 11 is 6.24. The van der Waals surface area contributed by atoms with E-state index in [1.165, 1.54) is 0 Å². The van der Waals surface area contributed by atoms with Crippen LogP contribution in [0.4, 0.5) is 0 Å². The van der Waals surface area contributed by atoms with E-state index in [4.69, 9.17) is 20.8 Å². The van der Waals surface area contributed by atoms with Gasteiger partial charge in [0.25, 0.3) is 0 Å². The van der Waals surface area contributed by atoms with Crippen LogP contribution in [0, 0.1) is 6.92 Å². The molecule has 2 rings (SSSR count). The van der Waals surface area contributed by atoms with Crippen LogP contribution in [0.15, 0.2) is 28.9 Å². The van der Waals surface area contributed by atoms with Gasteiger partial charge in [-0.25, -0.2) is 0 Å². The Bertz CT molecular complexity index is 474. The summed E-state index contributed by atoms with van der Waals surface area (Å²) in [7, 11) is 1.71. The summed E-state index contributed by atoms with van der Waals surface area (Å²) in [5.74, 6) is 0.806. The third-order valence-electron chi connectivity index (χ3n) is 2.74. The molecule has 3 nitrogen and oxygen atoms in total. The molecule has 0 radical (unpaired) electrons. The Labute approximate surface area is 106 Å². The minimum atomic E-state index is 0.731. The maximum atomic E-state index is 6.24. The van der Waals surface area contributed by atoms with E-state index in [1.54, 1.807) is 13.4 Å². The van der Waals surface area contributed by atoms with Gasteiger partial charge in [0.15, 0.2) is 5.76 Å². The first kappa shape index (κ1) is 12.3. The van der Waals surface area contributed by atoms with Crippen LogP contribution in [0.3, 0.4) is 0 Å². The summed E-state index contributed by atoms with van der Waals surface area (Å²) in [6, 6.07) is 5.76. The topological polar surface area (TPSA) is 27.3 Å². The Morgan fingerprint density at radius 1 is 1.47 bits per heavy atom. The summed E-state index contributed by atoms with van der Waals surface area (Å²) in [5.41, 5.74) is 2.09. The lowest BCUT2D eigenvalue weighted by Crippen LogP contribution is -2.04. The fraction of sp³-hybridized carbons (Fsp3) is 0.385.